The summed E-state index contributed by atoms with van der Waals surface area (Å²) < 4.78 is 10.8. The van der Waals surface area contributed by atoms with Crippen molar-refractivity contribution in [2.75, 3.05) is 13.2 Å². The van der Waals surface area contributed by atoms with Gasteiger partial charge in [0.05, 0.1) is 30.3 Å². The van der Waals surface area contributed by atoms with Crippen LogP contribution in [0.2, 0.25) is 0 Å². The third kappa shape index (κ3) is 1.37. The Bertz CT molecular complexity index is 356. The molecule has 1 unspecified atom stereocenters. The molecule has 0 aromatic heterocycles. The predicted octanol–water partition coefficient (Wildman–Crippen LogP) is 1.80. The molecule has 3 aliphatic rings. The van der Waals surface area contributed by atoms with E-state index in [4.69, 9.17) is 15.0 Å². The quantitative estimate of drug-likeness (QED) is 0.316. The third-order valence-electron chi connectivity index (χ3n) is 3.58. The van der Waals surface area contributed by atoms with E-state index in [1.54, 1.807) is 6.92 Å². The van der Waals surface area contributed by atoms with Gasteiger partial charge in [-0.1, -0.05) is 5.11 Å². The standard InChI is InChI=1S/C10H15N3O3/c1-3-15-8(14)10-4-9(5-10,6-12-13-11)16-7(10)2/h7H,3-6H2,1-2H3. The zero-order valence-electron chi connectivity index (χ0n) is 9.47. The zero-order valence-corrected chi connectivity index (χ0v) is 9.47. The molecule has 2 heterocycles. The molecule has 6 heteroatoms. The van der Waals surface area contributed by atoms with E-state index in [-0.39, 0.29) is 12.1 Å². The highest BCUT2D eigenvalue weighted by Crippen LogP contribution is 2.62. The number of azide groups is 1. The first-order valence-corrected chi connectivity index (χ1v) is 5.44. The average molecular weight is 225 g/mol. The van der Waals surface area contributed by atoms with Crippen LogP contribution in [0.4, 0.5) is 0 Å². The van der Waals surface area contributed by atoms with Crippen LogP contribution in [0.1, 0.15) is 26.7 Å². The van der Waals surface area contributed by atoms with Gasteiger partial charge in [-0.15, -0.1) is 0 Å². The number of fused-ring (bicyclic) bond motifs is 1. The first-order valence-electron chi connectivity index (χ1n) is 5.44. The van der Waals surface area contributed by atoms with Gasteiger partial charge < -0.3 is 9.47 Å². The van der Waals surface area contributed by atoms with Crippen molar-refractivity contribution in [1.82, 2.24) is 0 Å². The Balaban J connectivity index is 2.08. The van der Waals surface area contributed by atoms with Gasteiger partial charge in [-0.2, -0.15) is 0 Å². The lowest BCUT2D eigenvalue weighted by atomic mass is 9.60. The molecule has 6 nitrogen and oxygen atoms in total. The van der Waals surface area contributed by atoms with Crippen molar-refractivity contribution in [1.29, 1.82) is 0 Å². The molecule has 1 aliphatic carbocycles. The minimum absolute atomic E-state index is 0.152. The van der Waals surface area contributed by atoms with E-state index in [9.17, 15) is 4.79 Å². The van der Waals surface area contributed by atoms with E-state index in [1.165, 1.54) is 0 Å². The highest BCUT2D eigenvalue weighted by molar-refractivity contribution is 5.80. The molecule has 2 saturated heterocycles. The Morgan fingerprint density at radius 3 is 2.94 bits per heavy atom. The van der Waals surface area contributed by atoms with Crippen molar-refractivity contribution in [3.8, 4) is 0 Å². The SMILES string of the molecule is CCOC(=O)C12CC(CN=[N+]=[N-])(C1)OC2C. The van der Waals surface area contributed by atoms with Gasteiger partial charge in [-0.25, -0.2) is 0 Å². The minimum Gasteiger partial charge on any atom is -0.465 e. The third-order valence-corrected chi connectivity index (χ3v) is 3.58. The van der Waals surface area contributed by atoms with Crippen LogP contribution < -0.4 is 0 Å². The molecule has 2 bridgehead atoms. The van der Waals surface area contributed by atoms with Crippen molar-refractivity contribution < 1.29 is 14.3 Å². The molecular formula is C10H15N3O3. The normalized spacial score (nSPS) is 39.8. The van der Waals surface area contributed by atoms with Crippen LogP contribution in [0.5, 0.6) is 0 Å². The van der Waals surface area contributed by atoms with Crippen molar-refractivity contribution in [3.05, 3.63) is 10.4 Å². The number of esters is 1. The van der Waals surface area contributed by atoms with E-state index in [0.29, 0.717) is 26.0 Å². The lowest BCUT2D eigenvalue weighted by Gasteiger charge is -2.42. The summed E-state index contributed by atoms with van der Waals surface area (Å²) >= 11 is 0. The second-order valence-corrected chi connectivity index (χ2v) is 4.56. The van der Waals surface area contributed by atoms with Gasteiger partial charge in [0.2, 0.25) is 0 Å². The van der Waals surface area contributed by atoms with E-state index >= 15 is 0 Å². The first kappa shape index (κ1) is 11.2. The summed E-state index contributed by atoms with van der Waals surface area (Å²) in [6.07, 6.45) is 1.07. The van der Waals surface area contributed by atoms with Gasteiger partial charge in [0.25, 0.3) is 0 Å². The van der Waals surface area contributed by atoms with E-state index in [0.717, 1.165) is 0 Å². The molecular weight excluding hydrogens is 210 g/mol. The lowest BCUT2D eigenvalue weighted by Crippen LogP contribution is -2.52. The van der Waals surface area contributed by atoms with Crippen molar-refractivity contribution in [3.63, 3.8) is 0 Å². The van der Waals surface area contributed by atoms with Crippen LogP contribution in [-0.4, -0.2) is 30.8 Å². The Morgan fingerprint density at radius 1 is 1.69 bits per heavy atom. The minimum atomic E-state index is -0.499. The number of hydrogen-bond donors (Lipinski definition) is 0. The monoisotopic (exact) mass is 225 g/mol. The molecule has 1 atom stereocenters. The van der Waals surface area contributed by atoms with Crippen LogP contribution in [0.15, 0.2) is 5.11 Å². The van der Waals surface area contributed by atoms with Gasteiger partial charge >= 0.3 is 5.97 Å². The molecule has 3 rings (SSSR count). The molecule has 16 heavy (non-hydrogen) atoms. The largest absolute Gasteiger partial charge is 0.465 e. The molecule has 0 N–H and O–H groups in total. The summed E-state index contributed by atoms with van der Waals surface area (Å²) in [6, 6.07) is 0. The molecule has 0 aromatic rings. The van der Waals surface area contributed by atoms with E-state index in [2.05, 4.69) is 10.0 Å². The van der Waals surface area contributed by atoms with Gasteiger partial charge in [0.15, 0.2) is 0 Å². The van der Waals surface area contributed by atoms with E-state index in [1.807, 2.05) is 6.92 Å². The maximum absolute atomic E-state index is 11.8. The maximum Gasteiger partial charge on any atom is 0.314 e. The molecule has 0 amide bonds. The molecule has 2 aliphatic heterocycles. The molecule has 0 aromatic carbocycles. The predicted molar refractivity (Wildman–Crippen MR) is 55.6 cm³/mol. The first-order chi connectivity index (χ1) is 7.58. The Labute approximate surface area is 93.5 Å². The van der Waals surface area contributed by atoms with Crippen LogP contribution in [-0.2, 0) is 14.3 Å². The van der Waals surface area contributed by atoms with Crippen LogP contribution >= 0.6 is 0 Å². The summed E-state index contributed by atoms with van der Waals surface area (Å²) in [5, 5.41) is 3.54. The second kappa shape index (κ2) is 3.64. The van der Waals surface area contributed by atoms with Gasteiger partial charge in [0.1, 0.15) is 0 Å². The molecule has 0 radical (unpaired) electrons. The number of carbonyl (C=O) groups excluding carboxylic acids is 1. The van der Waals surface area contributed by atoms with Crippen molar-refractivity contribution >= 4 is 5.97 Å². The summed E-state index contributed by atoms with van der Waals surface area (Å²) in [5.74, 6) is -0.184. The molecule has 3 fully saturated rings. The molecule has 0 spiro atoms. The number of hydrogen-bond acceptors (Lipinski definition) is 4. The van der Waals surface area contributed by atoms with Crippen LogP contribution in [0.25, 0.3) is 10.4 Å². The molecule has 1 saturated carbocycles. The fourth-order valence-corrected chi connectivity index (χ4v) is 2.85. The van der Waals surface area contributed by atoms with Crippen LogP contribution in [0.3, 0.4) is 0 Å². The van der Waals surface area contributed by atoms with E-state index < -0.39 is 11.0 Å². The number of rotatable bonds is 4. The fourth-order valence-electron chi connectivity index (χ4n) is 2.85. The fraction of sp³-hybridized carbons (Fsp3) is 0.900. The Hall–Kier alpha value is -1.26. The zero-order chi connectivity index (χ0) is 11.8. The lowest BCUT2D eigenvalue weighted by molar-refractivity contribution is -0.161. The maximum atomic E-state index is 11.8. The summed E-state index contributed by atoms with van der Waals surface area (Å²) in [6.45, 7) is 4.36. The summed E-state index contributed by atoms with van der Waals surface area (Å²) in [4.78, 5) is 14.6. The molecule has 88 valence electrons. The van der Waals surface area contributed by atoms with Gasteiger partial charge in [-0.3, -0.25) is 4.79 Å². The Kier molecular flexibility index (Phi) is 2.56. The highest BCUT2D eigenvalue weighted by Gasteiger charge is 2.70. The van der Waals surface area contributed by atoms with Gasteiger partial charge in [-0.05, 0) is 32.2 Å². The number of ether oxygens (including phenoxy) is 2. The number of carbonyl (C=O) groups is 1. The topological polar surface area (TPSA) is 84.3 Å². The van der Waals surface area contributed by atoms with Crippen molar-refractivity contribution in [2.24, 2.45) is 10.5 Å². The Morgan fingerprint density at radius 2 is 2.38 bits per heavy atom. The smallest absolute Gasteiger partial charge is 0.314 e. The van der Waals surface area contributed by atoms with Crippen LogP contribution in [0, 0.1) is 5.41 Å². The summed E-state index contributed by atoms with van der Waals surface area (Å²) in [5.41, 5.74) is 7.38. The van der Waals surface area contributed by atoms with Crippen molar-refractivity contribution in [2.45, 2.75) is 38.4 Å². The summed E-state index contributed by atoms with van der Waals surface area (Å²) in [7, 11) is 0. The number of nitrogens with zero attached hydrogens (tertiary/aromatic N) is 3. The highest BCUT2D eigenvalue weighted by atomic mass is 16.6. The second-order valence-electron chi connectivity index (χ2n) is 4.56. The average Bonchev–Trinajstić information content (AvgIpc) is 2.63. The van der Waals surface area contributed by atoms with Gasteiger partial charge in [0, 0.05) is 4.91 Å².